The molecule has 0 saturated heterocycles. The first-order valence-electron chi connectivity index (χ1n) is 5.03. The number of carbonyl (C=O) groups excluding carboxylic acids is 1. The second-order valence-electron chi connectivity index (χ2n) is 3.68. The van der Waals surface area contributed by atoms with Crippen molar-refractivity contribution in [1.82, 2.24) is 19.6 Å². The quantitative estimate of drug-likeness (QED) is 0.749. The highest BCUT2D eigenvalue weighted by atomic mass is 16.3. The summed E-state index contributed by atoms with van der Waals surface area (Å²) >= 11 is 0. The lowest BCUT2D eigenvalue weighted by Crippen LogP contribution is -2.13. The lowest BCUT2D eigenvalue weighted by molar-refractivity contribution is 0.0995. The van der Waals surface area contributed by atoms with Gasteiger partial charge in [0.1, 0.15) is 5.69 Å². The molecule has 17 heavy (non-hydrogen) atoms. The standard InChI is InChI=1S/C10H13N5O2/c1-6-7(5-16)10(14(2)12-6)15-4-3-8(13-15)9(11)17/h3-4,16H,5H2,1-2H3,(H2,11,17). The fraction of sp³-hybridized carbons (Fsp3) is 0.300. The van der Waals surface area contributed by atoms with Gasteiger partial charge in [0.15, 0.2) is 5.82 Å². The second kappa shape index (κ2) is 4.02. The molecule has 0 atom stereocenters. The van der Waals surface area contributed by atoms with E-state index in [0.29, 0.717) is 11.4 Å². The molecule has 2 heterocycles. The summed E-state index contributed by atoms with van der Waals surface area (Å²) in [5.74, 6) is 0.0330. The summed E-state index contributed by atoms with van der Waals surface area (Å²) < 4.78 is 3.07. The topological polar surface area (TPSA) is 99.0 Å². The molecule has 0 unspecified atom stereocenters. The van der Waals surface area contributed by atoms with E-state index in [2.05, 4.69) is 10.2 Å². The van der Waals surface area contributed by atoms with Gasteiger partial charge in [0.05, 0.1) is 12.3 Å². The van der Waals surface area contributed by atoms with Crippen LogP contribution in [-0.2, 0) is 13.7 Å². The predicted octanol–water partition coefficient (Wildman–Crippen LogP) is -0.495. The van der Waals surface area contributed by atoms with Gasteiger partial charge in [-0.05, 0) is 13.0 Å². The van der Waals surface area contributed by atoms with Crippen LogP contribution in [0.25, 0.3) is 5.82 Å². The fourth-order valence-corrected chi connectivity index (χ4v) is 1.73. The molecular weight excluding hydrogens is 222 g/mol. The van der Waals surface area contributed by atoms with Crippen LogP contribution < -0.4 is 5.73 Å². The number of aliphatic hydroxyl groups is 1. The molecule has 1 amide bonds. The van der Waals surface area contributed by atoms with Gasteiger partial charge in [-0.1, -0.05) is 0 Å². The van der Waals surface area contributed by atoms with Crippen LogP contribution in [0.3, 0.4) is 0 Å². The van der Waals surface area contributed by atoms with Gasteiger partial charge in [0.25, 0.3) is 5.91 Å². The molecule has 0 fully saturated rings. The lowest BCUT2D eigenvalue weighted by atomic mass is 10.2. The minimum absolute atomic E-state index is 0.138. The molecule has 0 spiro atoms. The predicted molar refractivity (Wildman–Crippen MR) is 59.5 cm³/mol. The van der Waals surface area contributed by atoms with E-state index >= 15 is 0 Å². The van der Waals surface area contributed by atoms with Crippen LogP contribution in [0.2, 0.25) is 0 Å². The molecule has 2 aromatic rings. The van der Waals surface area contributed by atoms with Gasteiger partial charge in [0, 0.05) is 18.8 Å². The van der Waals surface area contributed by atoms with Crippen molar-refractivity contribution in [2.45, 2.75) is 13.5 Å². The minimum Gasteiger partial charge on any atom is -0.391 e. The molecule has 2 aromatic heterocycles. The number of primary amides is 1. The van der Waals surface area contributed by atoms with Crippen molar-refractivity contribution in [3.63, 3.8) is 0 Å². The maximum Gasteiger partial charge on any atom is 0.269 e. The second-order valence-corrected chi connectivity index (χ2v) is 3.68. The number of aromatic nitrogens is 4. The fourth-order valence-electron chi connectivity index (χ4n) is 1.73. The summed E-state index contributed by atoms with van der Waals surface area (Å²) in [6.07, 6.45) is 1.61. The smallest absolute Gasteiger partial charge is 0.269 e. The molecule has 7 heteroatoms. The molecular formula is C10H13N5O2. The zero-order valence-electron chi connectivity index (χ0n) is 9.58. The van der Waals surface area contributed by atoms with Crippen LogP contribution in [-0.4, -0.2) is 30.6 Å². The summed E-state index contributed by atoms with van der Waals surface area (Å²) in [6, 6.07) is 1.52. The number of hydrogen-bond acceptors (Lipinski definition) is 4. The first kappa shape index (κ1) is 11.3. The van der Waals surface area contributed by atoms with E-state index in [1.165, 1.54) is 10.7 Å². The Labute approximate surface area is 97.5 Å². The van der Waals surface area contributed by atoms with Gasteiger partial charge in [0.2, 0.25) is 0 Å². The van der Waals surface area contributed by atoms with Gasteiger partial charge in [-0.25, -0.2) is 4.68 Å². The van der Waals surface area contributed by atoms with E-state index in [4.69, 9.17) is 5.73 Å². The van der Waals surface area contributed by atoms with Crippen LogP contribution in [0, 0.1) is 6.92 Å². The largest absolute Gasteiger partial charge is 0.391 e. The molecule has 0 aromatic carbocycles. The van der Waals surface area contributed by atoms with Crippen LogP contribution in [0.1, 0.15) is 21.7 Å². The van der Waals surface area contributed by atoms with E-state index in [9.17, 15) is 9.90 Å². The van der Waals surface area contributed by atoms with Crippen LogP contribution in [0.5, 0.6) is 0 Å². The molecule has 0 radical (unpaired) electrons. The van der Waals surface area contributed by atoms with E-state index < -0.39 is 5.91 Å². The van der Waals surface area contributed by atoms with Gasteiger partial charge in [-0.2, -0.15) is 10.2 Å². The Balaban J connectivity index is 2.55. The third-order valence-electron chi connectivity index (χ3n) is 2.53. The van der Waals surface area contributed by atoms with Crippen molar-refractivity contribution in [3.05, 3.63) is 29.2 Å². The summed E-state index contributed by atoms with van der Waals surface area (Å²) in [6.45, 7) is 1.66. The zero-order valence-corrected chi connectivity index (χ0v) is 9.58. The Morgan fingerprint density at radius 1 is 1.53 bits per heavy atom. The highest BCUT2D eigenvalue weighted by Gasteiger charge is 2.16. The average Bonchev–Trinajstić information content (AvgIpc) is 2.82. The number of rotatable bonds is 3. The lowest BCUT2D eigenvalue weighted by Gasteiger charge is -2.04. The Morgan fingerprint density at radius 2 is 2.24 bits per heavy atom. The third kappa shape index (κ3) is 1.80. The molecule has 0 aliphatic heterocycles. The van der Waals surface area contributed by atoms with Gasteiger partial charge < -0.3 is 10.8 Å². The van der Waals surface area contributed by atoms with Crippen molar-refractivity contribution in [2.24, 2.45) is 12.8 Å². The van der Waals surface area contributed by atoms with Crippen molar-refractivity contribution in [1.29, 1.82) is 0 Å². The van der Waals surface area contributed by atoms with Crippen LogP contribution >= 0.6 is 0 Å². The van der Waals surface area contributed by atoms with Crippen molar-refractivity contribution in [2.75, 3.05) is 0 Å². The summed E-state index contributed by atoms with van der Waals surface area (Å²) in [5, 5.41) is 17.5. The highest BCUT2D eigenvalue weighted by Crippen LogP contribution is 2.17. The number of nitrogens with two attached hydrogens (primary N) is 1. The SMILES string of the molecule is Cc1nn(C)c(-n2ccc(C(N)=O)n2)c1CO. The Kier molecular flexibility index (Phi) is 2.68. The van der Waals surface area contributed by atoms with Gasteiger partial charge in [-0.15, -0.1) is 0 Å². The molecule has 0 bridgehead atoms. The number of aryl methyl sites for hydroxylation is 2. The van der Waals surface area contributed by atoms with E-state index in [-0.39, 0.29) is 12.3 Å². The first-order chi connectivity index (χ1) is 8.04. The third-order valence-corrected chi connectivity index (χ3v) is 2.53. The molecule has 3 N–H and O–H groups in total. The molecule has 2 rings (SSSR count). The highest BCUT2D eigenvalue weighted by molar-refractivity contribution is 5.90. The van der Waals surface area contributed by atoms with Crippen LogP contribution in [0.4, 0.5) is 0 Å². The molecule has 0 aliphatic carbocycles. The molecule has 90 valence electrons. The van der Waals surface area contributed by atoms with Crippen molar-refractivity contribution < 1.29 is 9.90 Å². The number of aliphatic hydroxyl groups excluding tert-OH is 1. The van der Waals surface area contributed by atoms with Gasteiger partial charge >= 0.3 is 0 Å². The average molecular weight is 235 g/mol. The maximum absolute atomic E-state index is 11.0. The van der Waals surface area contributed by atoms with Gasteiger partial charge in [-0.3, -0.25) is 9.48 Å². The van der Waals surface area contributed by atoms with Crippen LogP contribution in [0.15, 0.2) is 12.3 Å². The van der Waals surface area contributed by atoms with Crippen molar-refractivity contribution in [3.8, 4) is 5.82 Å². The van der Waals surface area contributed by atoms with E-state index in [1.54, 1.807) is 24.9 Å². The minimum atomic E-state index is -0.590. The van der Waals surface area contributed by atoms with E-state index in [1.807, 2.05) is 0 Å². The summed E-state index contributed by atoms with van der Waals surface area (Å²) in [5.41, 5.74) is 6.70. The molecule has 0 aliphatic rings. The summed E-state index contributed by atoms with van der Waals surface area (Å²) in [7, 11) is 1.74. The Bertz CT molecular complexity index is 569. The Hall–Kier alpha value is -2.15. The Morgan fingerprint density at radius 3 is 2.76 bits per heavy atom. The first-order valence-corrected chi connectivity index (χ1v) is 5.03. The number of nitrogens with zero attached hydrogens (tertiary/aromatic N) is 4. The number of amides is 1. The van der Waals surface area contributed by atoms with Crippen molar-refractivity contribution >= 4 is 5.91 Å². The zero-order chi connectivity index (χ0) is 12.6. The van der Waals surface area contributed by atoms with E-state index in [0.717, 1.165) is 5.69 Å². The molecule has 7 nitrogen and oxygen atoms in total. The molecule has 0 saturated carbocycles. The maximum atomic E-state index is 11.0. The summed E-state index contributed by atoms with van der Waals surface area (Å²) in [4.78, 5) is 11.0. The number of carbonyl (C=O) groups is 1. The number of hydrogen-bond donors (Lipinski definition) is 2. The monoisotopic (exact) mass is 235 g/mol. The normalized spacial score (nSPS) is 10.8.